The number of nitrogens with one attached hydrogen (secondary N) is 1. The van der Waals surface area contributed by atoms with Gasteiger partial charge < -0.3 is 19.5 Å². The molecule has 0 aromatic heterocycles. The van der Waals surface area contributed by atoms with Crippen molar-refractivity contribution in [3.05, 3.63) is 52.6 Å². The molecule has 1 aliphatic rings. The highest BCUT2D eigenvalue weighted by atomic mass is 16.5. The molecule has 1 N–H and O–H groups in total. The summed E-state index contributed by atoms with van der Waals surface area (Å²) in [6.45, 7) is 4.00. The van der Waals surface area contributed by atoms with Gasteiger partial charge in [-0.2, -0.15) is 0 Å². The van der Waals surface area contributed by atoms with E-state index in [0.717, 1.165) is 36.8 Å². The van der Waals surface area contributed by atoms with E-state index in [2.05, 4.69) is 30.4 Å². The monoisotopic (exact) mass is 327 g/mol. The van der Waals surface area contributed by atoms with Gasteiger partial charge in [0.2, 0.25) is 0 Å². The average molecular weight is 327 g/mol. The van der Waals surface area contributed by atoms with Crippen LogP contribution in [0.4, 0.5) is 0 Å². The normalized spacial score (nSPS) is 16.9. The second kappa shape index (κ2) is 7.14. The van der Waals surface area contributed by atoms with Gasteiger partial charge in [-0.05, 0) is 60.3 Å². The third kappa shape index (κ3) is 2.94. The number of rotatable bonds is 4. The summed E-state index contributed by atoms with van der Waals surface area (Å²) in [5.74, 6) is 2.80. The van der Waals surface area contributed by atoms with Crippen LogP contribution in [0.3, 0.4) is 0 Å². The number of benzene rings is 2. The summed E-state index contributed by atoms with van der Waals surface area (Å²) in [7, 11) is 5.09. The van der Waals surface area contributed by atoms with Crippen molar-refractivity contribution < 1.29 is 14.2 Å². The van der Waals surface area contributed by atoms with Gasteiger partial charge in [-0.1, -0.05) is 12.1 Å². The van der Waals surface area contributed by atoms with E-state index in [4.69, 9.17) is 14.2 Å². The van der Waals surface area contributed by atoms with E-state index in [1.165, 1.54) is 22.3 Å². The topological polar surface area (TPSA) is 39.7 Å². The molecule has 0 aliphatic carbocycles. The van der Waals surface area contributed by atoms with Crippen molar-refractivity contribution in [2.45, 2.75) is 19.3 Å². The standard InChI is InChI=1S/C20H25NO3/c1-13-16-9-10-21-12-18(14-5-7-15(22-2)8-6-14)17(16)11-19(23-3)20(13)24-4/h5-8,11,18,21H,9-10,12H2,1-4H3. The predicted octanol–water partition coefficient (Wildman–Crippen LogP) is 3.30. The molecule has 0 radical (unpaired) electrons. The van der Waals surface area contributed by atoms with Crippen LogP contribution in [0.25, 0.3) is 0 Å². The van der Waals surface area contributed by atoms with E-state index in [1.54, 1.807) is 21.3 Å². The van der Waals surface area contributed by atoms with Gasteiger partial charge in [0, 0.05) is 12.5 Å². The van der Waals surface area contributed by atoms with Crippen LogP contribution >= 0.6 is 0 Å². The van der Waals surface area contributed by atoms with Crippen molar-refractivity contribution in [2.75, 3.05) is 34.4 Å². The molecule has 0 saturated heterocycles. The molecule has 128 valence electrons. The second-order valence-corrected chi connectivity index (χ2v) is 6.08. The first-order chi connectivity index (χ1) is 11.7. The molecule has 0 fully saturated rings. The largest absolute Gasteiger partial charge is 0.497 e. The zero-order valence-electron chi connectivity index (χ0n) is 14.8. The van der Waals surface area contributed by atoms with Gasteiger partial charge in [0.25, 0.3) is 0 Å². The van der Waals surface area contributed by atoms with E-state index in [-0.39, 0.29) is 5.92 Å². The minimum absolute atomic E-state index is 0.284. The van der Waals surface area contributed by atoms with E-state index >= 15 is 0 Å². The first-order valence-corrected chi connectivity index (χ1v) is 8.28. The molecule has 0 saturated carbocycles. The molecule has 4 nitrogen and oxygen atoms in total. The molecule has 0 spiro atoms. The maximum absolute atomic E-state index is 5.58. The summed E-state index contributed by atoms with van der Waals surface area (Å²) >= 11 is 0. The minimum atomic E-state index is 0.284. The number of methoxy groups -OCH3 is 3. The fourth-order valence-electron chi connectivity index (χ4n) is 3.58. The molecule has 1 heterocycles. The van der Waals surface area contributed by atoms with Crippen LogP contribution < -0.4 is 19.5 Å². The van der Waals surface area contributed by atoms with Crippen molar-refractivity contribution >= 4 is 0 Å². The molecular weight excluding hydrogens is 302 g/mol. The van der Waals surface area contributed by atoms with E-state index in [0.29, 0.717) is 0 Å². The summed E-state index contributed by atoms with van der Waals surface area (Å²) in [6, 6.07) is 10.5. The third-order valence-electron chi connectivity index (χ3n) is 4.87. The van der Waals surface area contributed by atoms with Crippen LogP contribution in [0, 0.1) is 6.92 Å². The highest BCUT2D eigenvalue weighted by Gasteiger charge is 2.25. The Morgan fingerprint density at radius 2 is 1.75 bits per heavy atom. The van der Waals surface area contributed by atoms with Crippen LogP contribution in [-0.2, 0) is 6.42 Å². The summed E-state index contributed by atoms with van der Waals surface area (Å²) in [6.07, 6.45) is 0.994. The van der Waals surface area contributed by atoms with Crippen LogP contribution in [0.5, 0.6) is 17.2 Å². The number of ether oxygens (including phenoxy) is 3. The Hall–Kier alpha value is -2.20. The SMILES string of the molecule is COc1ccc(C2CNCCc3c2cc(OC)c(OC)c3C)cc1. The highest BCUT2D eigenvalue weighted by Crippen LogP contribution is 2.40. The summed E-state index contributed by atoms with van der Waals surface area (Å²) in [5.41, 5.74) is 5.13. The Morgan fingerprint density at radius 3 is 2.38 bits per heavy atom. The smallest absolute Gasteiger partial charge is 0.163 e. The number of fused-ring (bicyclic) bond motifs is 1. The van der Waals surface area contributed by atoms with E-state index in [1.807, 2.05) is 12.1 Å². The van der Waals surface area contributed by atoms with Gasteiger partial charge in [0.15, 0.2) is 11.5 Å². The molecule has 4 heteroatoms. The van der Waals surface area contributed by atoms with Crippen molar-refractivity contribution in [1.82, 2.24) is 5.32 Å². The van der Waals surface area contributed by atoms with Crippen LogP contribution in [0.15, 0.2) is 30.3 Å². The molecule has 1 unspecified atom stereocenters. The van der Waals surface area contributed by atoms with Gasteiger partial charge in [-0.3, -0.25) is 0 Å². The van der Waals surface area contributed by atoms with Crippen molar-refractivity contribution in [2.24, 2.45) is 0 Å². The van der Waals surface area contributed by atoms with E-state index < -0.39 is 0 Å². The molecule has 1 atom stereocenters. The summed E-state index contributed by atoms with van der Waals surface area (Å²) < 4.78 is 16.4. The lowest BCUT2D eigenvalue weighted by molar-refractivity contribution is 0.352. The molecule has 0 bridgehead atoms. The van der Waals surface area contributed by atoms with Crippen LogP contribution in [0.1, 0.15) is 28.2 Å². The zero-order valence-corrected chi connectivity index (χ0v) is 14.8. The summed E-state index contributed by atoms with van der Waals surface area (Å²) in [5, 5.41) is 3.56. The van der Waals surface area contributed by atoms with Crippen molar-refractivity contribution in [1.29, 1.82) is 0 Å². The molecule has 2 aromatic carbocycles. The molecule has 3 rings (SSSR count). The Bertz CT molecular complexity index is 710. The lowest BCUT2D eigenvalue weighted by Crippen LogP contribution is -2.20. The van der Waals surface area contributed by atoms with Gasteiger partial charge in [0.05, 0.1) is 21.3 Å². The Morgan fingerprint density at radius 1 is 1.00 bits per heavy atom. The third-order valence-corrected chi connectivity index (χ3v) is 4.87. The van der Waals surface area contributed by atoms with Gasteiger partial charge in [-0.25, -0.2) is 0 Å². The summed E-state index contributed by atoms with van der Waals surface area (Å²) in [4.78, 5) is 0. The lowest BCUT2D eigenvalue weighted by Gasteiger charge is -2.22. The lowest BCUT2D eigenvalue weighted by atomic mass is 9.85. The minimum Gasteiger partial charge on any atom is -0.497 e. The Kier molecular flexibility index (Phi) is 4.95. The highest BCUT2D eigenvalue weighted by molar-refractivity contribution is 5.57. The first kappa shape index (κ1) is 16.7. The van der Waals surface area contributed by atoms with Gasteiger partial charge in [0.1, 0.15) is 5.75 Å². The zero-order chi connectivity index (χ0) is 17.1. The predicted molar refractivity (Wildman–Crippen MR) is 95.7 cm³/mol. The molecule has 1 aliphatic heterocycles. The fraction of sp³-hybridized carbons (Fsp3) is 0.400. The molecule has 0 amide bonds. The Balaban J connectivity index is 2.12. The first-order valence-electron chi connectivity index (χ1n) is 8.28. The number of hydrogen-bond acceptors (Lipinski definition) is 4. The van der Waals surface area contributed by atoms with Crippen LogP contribution in [-0.4, -0.2) is 34.4 Å². The molecule has 24 heavy (non-hydrogen) atoms. The van der Waals surface area contributed by atoms with Crippen molar-refractivity contribution in [3.63, 3.8) is 0 Å². The van der Waals surface area contributed by atoms with Gasteiger partial charge >= 0.3 is 0 Å². The van der Waals surface area contributed by atoms with Gasteiger partial charge in [-0.15, -0.1) is 0 Å². The maximum Gasteiger partial charge on any atom is 0.163 e. The van der Waals surface area contributed by atoms with Crippen molar-refractivity contribution in [3.8, 4) is 17.2 Å². The van der Waals surface area contributed by atoms with E-state index in [9.17, 15) is 0 Å². The molecular formula is C20H25NO3. The Labute approximate surface area is 143 Å². The molecule has 2 aromatic rings. The maximum atomic E-state index is 5.58. The van der Waals surface area contributed by atoms with Crippen LogP contribution in [0.2, 0.25) is 0 Å². The quantitative estimate of drug-likeness (QED) is 0.935. The second-order valence-electron chi connectivity index (χ2n) is 6.08. The fourth-order valence-corrected chi connectivity index (χ4v) is 3.58. The average Bonchev–Trinajstić information content (AvgIpc) is 2.84. The number of hydrogen-bond donors (Lipinski definition) is 1.